The molecule has 0 bridgehead atoms. The zero-order chi connectivity index (χ0) is 45.3. The first-order valence-corrected chi connectivity index (χ1v) is 23.7. The van der Waals surface area contributed by atoms with Gasteiger partial charge in [-0.25, -0.2) is 9.98 Å². The molecule has 0 N–H and O–H groups in total. The third-order valence-electron chi connectivity index (χ3n) is 14.5. The topological polar surface area (TPSA) is 60.9 Å². The van der Waals surface area contributed by atoms with Gasteiger partial charge in [0.15, 0.2) is 0 Å². The van der Waals surface area contributed by atoms with Crippen LogP contribution in [0.5, 0.6) is 0 Å². The summed E-state index contributed by atoms with van der Waals surface area (Å²) in [4.78, 5) is 11.7. The number of nitrogens with zero attached hydrogens (tertiary/aromatic N) is 4. The molecule has 324 valence electrons. The highest BCUT2D eigenvalue weighted by Crippen LogP contribution is 2.43. The summed E-state index contributed by atoms with van der Waals surface area (Å²) < 4.78 is 18.1. The van der Waals surface area contributed by atoms with Crippen LogP contribution in [0.3, 0.4) is 0 Å². The number of allylic oxidation sites excluding steroid dienone is 1. The highest BCUT2D eigenvalue weighted by molar-refractivity contribution is 6.24. The van der Waals surface area contributed by atoms with E-state index in [1.165, 1.54) is 32.3 Å². The molecule has 0 saturated heterocycles. The van der Waals surface area contributed by atoms with E-state index in [9.17, 15) is 0 Å². The fourth-order valence-corrected chi connectivity index (χ4v) is 11.3. The molecule has 1 atom stereocenters. The second-order valence-electron chi connectivity index (χ2n) is 18.5. The molecule has 6 nitrogen and oxygen atoms in total. The maximum atomic E-state index is 7.12. The van der Waals surface area contributed by atoms with Crippen molar-refractivity contribution in [2.75, 3.05) is 0 Å². The van der Waals surface area contributed by atoms with E-state index >= 15 is 0 Å². The molecule has 0 aliphatic carbocycles. The quantitative estimate of drug-likeness (QED) is 0.177. The Labute approximate surface area is 394 Å². The first-order chi connectivity index (χ1) is 34.1. The molecule has 4 aromatic heterocycles. The van der Waals surface area contributed by atoms with Gasteiger partial charge in [-0.15, -0.1) is 0 Å². The summed E-state index contributed by atoms with van der Waals surface area (Å²) in [6.07, 6.45) is 2.98. The summed E-state index contributed by atoms with van der Waals surface area (Å²) in [5, 5.41) is 13.7. The second kappa shape index (κ2) is 14.5. The van der Waals surface area contributed by atoms with Crippen LogP contribution >= 0.6 is 0 Å². The Kier molecular flexibility index (Phi) is 8.01. The molecule has 15 rings (SSSR count). The van der Waals surface area contributed by atoms with Crippen LogP contribution in [0, 0.1) is 5.92 Å². The molecule has 0 amide bonds. The lowest BCUT2D eigenvalue weighted by Gasteiger charge is -2.22. The summed E-state index contributed by atoms with van der Waals surface area (Å²) in [5.41, 5.74) is 12.4. The van der Waals surface area contributed by atoms with Gasteiger partial charge < -0.3 is 13.4 Å². The third-order valence-corrected chi connectivity index (χ3v) is 14.5. The van der Waals surface area contributed by atoms with Crippen molar-refractivity contribution < 1.29 is 8.83 Å². The summed E-state index contributed by atoms with van der Waals surface area (Å²) >= 11 is 0. The molecule has 1 unspecified atom stereocenters. The average molecular weight is 885 g/mol. The van der Waals surface area contributed by atoms with E-state index in [2.05, 4.69) is 204 Å². The van der Waals surface area contributed by atoms with E-state index in [-0.39, 0.29) is 5.92 Å². The molecule has 10 aromatic carbocycles. The van der Waals surface area contributed by atoms with Crippen molar-refractivity contribution in [3.05, 3.63) is 217 Å². The van der Waals surface area contributed by atoms with Crippen molar-refractivity contribution in [3.8, 4) is 5.69 Å². The zero-order valence-corrected chi connectivity index (χ0v) is 37.5. The highest BCUT2D eigenvalue weighted by atomic mass is 16.3. The monoisotopic (exact) mass is 884 g/mol. The maximum Gasteiger partial charge on any atom is 0.235 e. The Morgan fingerprint density at radius 2 is 0.957 bits per heavy atom. The number of aromatic nitrogens is 2. The van der Waals surface area contributed by atoms with Gasteiger partial charge in [0.05, 0.1) is 44.7 Å². The first-order valence-electron chi connectivity index (χ1n) is 23.7. The van der Waals surface area contributed by atoms with Crippen LogP contribution in [-0.2, 0) is 0 Å². The van der Waals surface area contributed by atoms with Gasteiger partial charge in [-0.05, 0) is 107 Å². The predicted octanol–water partition coefficient (Wildman–Crippen LogP) is 16.8. The van der Waals surface area contributed by atoms with Gasteiger partial charge in [0.25, 0.3) is 0 Å². The molecule has 5 heterocycles. The molecule has 69 heavy (non-hydrogen) atoms. The number of fused-ring (bicyclic) bond motifs is 14. The molecule has 0 radical (unpaired) electrons. The van der Waals surface area contributed by atoms with Gasteiger partial charge in [0.2, 0.25) is 5.96 Å². The van der Waals surface area contributed by atoms with E-state index < -0.39 is 0 Å². The summed E-state index contributed by atoms with van der Waals surface area (Å²) in [6.45, 7) is 2.30. The molecule has 6 heteroatoms. The van der Waals surface area contributed by atoms with E-state index in [0.29, 0.717) is 12.4 Å². The Bertz CT molecular complexity index is 4460. The Balaban J connectivity index is 1.07. The third kappa shape index (κ3) is 5.66. The van der Waals surface area contributed by atoms with Gasteiger partial charge in [0, 0.05) is 54.6 Å². The van der Waals surface area contributed by atoms with Crippen LogP contribution in [0.1, 0.15) is 24.5 Å². The molecule has 0 fully saturated rings. The summed E-state index contributed by atoms with van der Waals surface area (Å²) in [7, 11) is 0. The maximum absolute atomic E-state index is 7.12. The van der Waals surface area contributed by atoms with Crippen molar-refractivity contribution in [1.82, 2.24) is 9.13 Å². The van der Waals surface area contributed by atoms with Crippen molar-refractivity contribution >= 4 is 126 Å². The number of rotatable bonds is 3. The summed E-state index contributed by atoms with van der Waals surface area (Å²) in [5.74, 6) is 0.500. The van der Waals surface area contributed by atoms with E-state index in [1.807, 2.05) is 18.2 Å². The number of aliphatic imine (C=N–C) groups is 2. The highest BCUT2D eigenvalue weighted by Gasteiger charge is 2.29. The molecular weight excluding hydrogens is 845 g/mol. The SMILES string of the molecule is CC1C/C=C(c2ccc3oc4ccccc4c3c2)/N=C(n2c3ccccc3c3ccccc32)\N=C/1c1c(-n2c3cc4ccccc4cc3c3cc4ccccc4cc32)ccc2c1oc1ccccc12. The molecule has 14 aromatic rings. The van der Waals surface area contributed by atoms with Crippen LogP contribution in [0.4, 0.5) is 0 Å². The van der Waals surface area contributed by atoms with Gasteiger partial charge in [0.1, 0.15) is 22.3 Å². The number of para-hydroxylation sites is 4. The van der Waals surface area contributed by atoms with Crippen molar-refractivity contribution in [3.63, 3.8) is 0 Å². The molecule has 0 spiro atoms. The standard InChI is InChI=1S/C63H40N4O2/c1-37-26-29-51(42-27-31-59-50(34-42)46-21-9-12-24-57(46)68-59)64-63(67-52-22-10-6-18-43(52)44-19-7-11-23-53(44)67)65-61(37)60-54(30-28-47-45-20-8-13-25-58(45)69-62(47)60)66-55-35-40-16-4-2-14-38(40)32-48(55)49-33-39-15-3-5-17-41(39)36-56(49)66/h2-25,27-37H,26H2,1H3/b51-29+,64-63+,65-61+. The number of hydrogen-bond donors (Lipinski definition) is 0. The fraction of sp³-hybridized carbons (Fsp3) is 0.0476. The van der Waals surface area contributed by atoms with E-state index in [1.54, 1.807) is 0 Å². The van der Waals surface area contributed by atoms with Crippen LogP contribution in [-0.4, -0.2) is 20.8 Å². The number of furan rings is 2. The van der Waals surface area contributed by atoms with E-state index in [4.69, 9.17) is 18.8 Å². The Hall–Kier alpha value is -9.00. The number of hydrogen-bond acceptors (Lipinski definition) is 4. The van der Waals surface area contributed by atoms with Gasteiger partial charge in [-0.2, -0.15) is 0 Å². The van der Waals surface area contributed by atoms with Gasteiger partial charge in [-0.3, -0.25) is 4.57 Å². The zero-order valence-electron chi connectivity index (χ0n) is 37.5. The van der Waals surface area contributed by atoms with Crippen LogP contribution in [0.2, 0.25) is 0 Å². The van der Waals surface area contributed by atoms with Gasteiger partial charge >= 0.3 is 0 Å². The normalized spacial score (nSPS) is 17.1. The van der Waals surface area contributed by atoms with Crippen LogP contribution in [0.15, 0.2) is 225 Å². The fourth-order valence-electron chi connectivity index (χ4n) is 11.3. The second-order valence-corrected chi connectivity index (χ2v) is 18.5. The Morgan fingerprint density at radius 1 is 0.420 bits per heavy atom. The minimum absolute atomic E-state index is 0.0793. The van der Waals surface area contributed by atoms with Crippen molar-refractivity contribution in [1.29, 1.82) is 0 Å². The lowest BCUT2D eigenvalue weighted by atomic mass is 9.91. The van der Waals surface area contributed by atoms with Crippen molar-refractivity contribution in [2.24, 2.45) is 15.9 Å². The molecular formula is C63H40N4O2. The minimum atomic E-state index is -0.0793. The van der Waals surface area contributed by atoms with Gasteiger partial charge in [-0.1, -0.05) is 134 Å². The molecule has 1 aliphatic rings. The lowest BCUT2D eigenvalue weighted by Crippen LogP contribution is -2.21. The molecule has 0 saturated carbocycles. The number of benzene rings is 10. The Morgan fingerprint density at radius 3 is 1.61 bits per heavy atom. The van der Waals surface area contributed by atoms with E-state index in [0.717, 1.165) is 105 Å². The average Bonchev–Trinajstić information content (AvgIpc) is 4.14. The van der Waals surface area contributed by atoms with Crippen LogP contribution in [0.25, 0.3) is 120 Å². The van der Waals surface area contributed by atoms with Crippen LogP contribution < -0.4 is 0 Å². The largest absolute Gasteiger partial charge is 0.456 e. The predicted molar refractivity (Wildman–Crippen MR) is 287 cm³/mol. The van der Waals surface area contributed by atoms with Crippen molar-refractivity contribution in [2.45, 2.75) is 13.3 Å². The lowest BCUT2D eigenvalue weighted by molar-refractivity contribution is 0.666. The minimum Gasteiger partial charge on any atom is -0.456 e. The summed E-state index contributed by atoms with van der Waals surface area (Å²) in [6, 6.07) is 71.5. The smallest absolute Gasteiger partial charge is 0.235 e. The molecule has 1 aliphatic heterocycles. The first kappa shape index (κ1) is 38.1.